The molecular weight excluding hydrogens is 176 g/mol. The Morgan fingerprint density at radius 3 is 2.14 bits per heavy atom. The van der Waals surface area contributed by atoms with E-state index in [0.29, 0.717) is 18.5 Å². The molecule has 0 bridgehead atoms. The summed E-state index contributed by atoms with van der Waals surface area (Å²) in [5, 5.41) is 0. The summed E-state index contributed by atoms with van der Waals surface area (Å²) in [5.74, 6) is 0.575. The summed E-state index contributed by atoms with van der Waals surface area (Å²) in [4.78, 5) is 8.30. The molecule has 0 aliphatic rings. The van der Waals surface area contributed by atoms with E-state index >= 15 is 0 Å². The van der Waals surface area contributed by atoms with Crippen molar-refractivity contribution >= 4 is 0 Å². The highest BCUT2D eigenvalue weighted by Gasteiger charge is 2.07. The second kappa shape index (κ2) is 5.58. The maximum absolute atomic E-state index is 5.19. The topological polar surface area (TPSA) is 35.0 Å². The number of ether oxygens (including phenoxy) is 1. The van der Waals surface area contributed by atoms with Crippen LogP contribution in [0.1, 0.15) is 45.1 Å². The fourth-order valence-electron chi connectivity index (χ4n) is 1.50. The molecular formula is C11H18N2O. The summed E-state index contributed by atoms with van der Waals surface area (Å²) in [5.41, 5.74) is 1.21. The third kappa shape index (κ3) is 2.69. The fourth-order valence-corrected chi connectivity index (χ4v) is 1.50. The molecule has 0 saturated carbocycles. The van der Waals surface area contributed by atoms with Crippen LogP contribution in [0.25, 0.3) is 0 Å². The third-order valence-electron chi connectivity index (χ3n) is 2.38. The van der Waals surface area contributed by atoms with Gasteiger partial charge in [0.2, 0.25) is 0 Å². The smallest absolute Gasteiger partial charge is 0.316 e. The Morgan fingerprint density at radius 2 is 1.71 bits per heavy atom. The number of hydrogen-bond acceptors (Lipinski definition) is 3. The Hall–Kier alpha value is -1.12. The molecule has 0 aliphatic carbocycles. The Balaban J connectivity index is 2.71. The van der Waals surface area contributed by atoms with Gasteiger partial charge < -0.3 is 4.74 Å². The van der Waals surface area contributed by atoms with Crippen molar-refractivity contribution in [2.24, 2.45) is 0 Å². The quantitative estimate of drug-likeness (QED) is 0.723. The van der Waals surface area contributed by atoms with Gasteiger partial charge in [-0.15, -0.1) is 0 Å². The molecule has 0 amide bonds. The molecule has 1 rings (SSSR count). The van der Waals surface area contributed by atoms with Crippen LogP contribution in [0.4, 0.5) is 0 Å². The highest BCUT2D eigenvalue weighted by atomic mass is 16.5. The first-order chi connectivity index (χ1) is 6.81. The minimum atomic E-state index is 0.474. The van der Waals surface area contributed by atoms with Crippen LogP contribution in [0.2, 0.25) is 0 Å². The van der Waals surface area contributed by atoms with E-state index in [9.17, 15) is 0 Å². The standard InChI is InChI=1S/C11H18N2O/c1-4-9(5-2)10-7-12-11(13-8-10)14-6-3/h7-9H,4-6H2,1-3H3. The van der Waals surface area contributed by atoms with E-state index in [1.54, 1.807) is 0 Å². The molecule has 78 valence electrons. The zero-order chi connectivity index (χ0) is 10.4. The van der Waals surface area contributed by atoms with Gasteiger partial charge in [0, 0.05) is 12.4 Å². The van der Waals surface area contributed by atoms with Crippen LogP contribution in [0.3, 0.4) is 0 Å². The average Bonchev–Trinajstić information content (AvgIpc) is 2.23. The first-order valence-electron chi connectivity index (χ1n) is 5.26. The van der Waals surface area contributed by atoms with Crippen molar-refractivity contribution in [3.63, 3.8) is 0 Å². The maximum atomic E-state index is 5.19. The maximum Gasteiger partial charge on any atom is 0.316 e. The van der Waals surface area contributed by atoms with E-state index in [-0.39, 0.29) is 0 Å². The minimum Gasteiger partial charge on any atom is -0.464 e. The second-order valence-corrected chi connectivity index (χ2v) is 3.25. The molecule has 0 unspecified atom stereocenters. The summed E-state index contributed by atoms with van der Waals surface area (Å²) in [6.45, 7) is 6.91. The zero-order valence-electron chi connectivity index (χ0n) is 9.16. The lowest BCUT2D eigenvalue weighted by Crippen LogP contribution is -2.01. The first-order valence-corrected chi connectivity index (χ1v) is 5.26. The van der Waals surface area contributed by atoms with Crippen LogP contribution in [-0.4, -0.2) is 16.6 Å². The molecule has 0 atom stereocenters. The highest BCUT2D eigenvalue weighted by molar-refractivity contribution is 5.12. The number of hydrogen-bond donors (Lipinski definition) is 0. The molecule has 14 heavy (non-hydrogen) atoms. The summed E-state index contributed by atoms with van der Waals surface area (Å²) < 4.78 is 5.19. The Morgan fingerprint density at radius 1 is 1.14 bits per heavy atom. The second-order valence-electron chi connectivity index (χ2n) is 3.25. The molecule has 1 aromatic heterocycles. The van der Waals surface area contributed by atoms with Crippen molar-refractivity contribution in [1.29, 1.82) is 0 Å². The molecule has 0 N–H and O–H groups in total. The van der Waals surface area contributed by atoms with Crippen LogP contribution < -0.4 is 4.74 Å². The molecule has 3 heteroatoms. The van der Waals surface area contributed by atoms with Gasteiger partial charge in [-0.2, -0.15) is 0 Å². The van der Waals surface area contributed by atoms with E-state index in [4.69, 9.17) is 4.74 Å². The van der Waals surface area contributed by atoms with Gasteiger partial charge in [0.05, 0.1) is 6.61 Å². The third-order valence-corrected chi connectivity index (χ3v) is 2.38. The van der Waals surface area contributed by atoms with Crippen LogP contribution in [0.5, 0.6) is 6.01 Å². The van der Waals surface area contributed by atoms with E-state index in [0.717, 1.165) is 12.8 Å². The lowest BCUT2D eigenvalue weighted by Gasteiger charge is -2.11. The Labute approximate surface area is 85.5 Å². The summed E-state index contributed by atoms with van der Waals surface area (Å²) >= 11 is 0. The van der Waals surface area contributed by atoms with Crippen molar-refractivity contribution in [2.45, 2.75) is 39.5 Å². The monoisotopic (exact) mass is 194 g/mol. The largest absolute Gasteiger partial charge is 0.464 e. The Kier molecular flexibility index (Phi) is 4.36. The lowest BCUT2D eigenvalue weighted by atomic mass is 9.97. The Bertz CT molecular complexity index is 254. The number of nitrogens with zero attached hydrogens (tertiary/aromatic N) is 2. The van der Waals surface area contributed by atoms with Gasteiger partial charge in [0.15, 0.2) is 0 Å². The van der Waals surface area contributed by atoms with Gasteiger partial charge in [-0.25, -0.2) is 9.97 Å². The van der Waals surface area contributed by atoms with E-state index in [2.05, 4.69) is 23.8 Å². The molecule has 0 aromatic carbocycles. The van der Waals surface area contributed by atoms with Crippen LogP contribution in [0.15, 0.2) is 12.4 Å². The molecule has 0 aliphatic heterocycles. The SMILES string of the molecule is CCOc1ncc(C(CC)CC)cn1. The molecule has 3 nitrogen and oxygen atoms in total. The van der Waals surface area contributed by atoms with Gasteiger partial charge in [-0.1, -0.05) is 13.8 Å². The van der Waals surface area contributed by atoms with Crippen LogP contribution >= 0.6 is 0 Å². The predicted molar refractivity (Wildman–Crippen MR) is 56.5 cm³/mol. The minimum absolute atomic E-state index is 0.474. The fraction of sp³-hybridized carbons (Fsp3) is 0.636. The summed E-state index contributed by atoms with van der Waals surface area (Å²) in [7, 11) is 0. The number of aromatic nitrogens is 2. The summed E-state index contributed by atoms with van der Waals surface area (Å²) in [6.07, 6.45) is 6.01. The average molecular weight is 194 g/mol. The molecule has 0 saturated heterocycles. The van der Waals surface area contributed by atoms with Gasteiger partial charge in [-0.3, -0.25) is 0 Å². The molecule has 0 fully saturated rings. The van der Waals surface area contributed by atoms with E-state index < -0.39 is 0 Å². The van der Waals surface area contributed by atoms with E-state index in [1.165, 1.54) is 5.56 Å². The van der Waals surface area contributed by atoms with Crippen LogP contribution in [0, 0.1) is 0 Å². The van der Waals surface area contributed by atoms with Crippen molar-refractivity contribution in [3.8, 4) is 6.01 Å². The molecule has 0 radical (unpaired) electrons. The van der Waals surface area contributed by atoms with Gasteiger partial charge in [-0.05, 0) is 31.2 Å². The van der Waals surface area contributed by atoms with Crippen molar-refractivity contribution < 1.29 is 4.74 Å². The number of rotatable bonds is 5. The first kappa shape index (κ1) is 11.0. The van der Waals surface area contributed by atoms with Gasteiger partial charge >= 0.3 is 6.01 Å². The lowest BCUT2D eigenvalue weighted by molar-refractivity contribution is 0.312. The normalized spacial score (nSPS) is 10.6. The van der Waals surface area contributed by atoms with Crippen molar-refractivity contribution in [1.82, 2.24) is 9.97 Å². The predicted octanol–water partition coefficient (Wildman–Crippen LogP) is 2.78. The van der Waals surface area contributed by atoms with Gasteiger partial charge in [0.25, 0.3) is 0 Å². The van der Waals surface area contributed by atoms with E-state index in [1.807, 2.05) is 19.3 Å². The molecule has 1 aromatic rings. The van der Waals surface area contributed by atoms with Gasteiger partial charge in [0.1, 0.15) is 0 Å². The molecule has 0 spiro atoms. The van der Waals surface area contributed by atoms with Crippen LogP contribution in [-0.2, 0) is 0 Å². The van der Waals surface area contributed by atoms with Crippen molar-refractivity contribution in [3.05, 3.63) is 18.0 Å². The zero-order valence-corrected chi connectivity index (χ0v) is 9.16. The van der Waals surface area contributed by atoms with Crippen molar-refractivity contribution in [2.75, 3.05) is 6.61 Å². The highest BCUT2D eigenvalue weighted by Crippen LogP contribution is 2.21. The molecule has 1 heterocycles. The summed E-state index contributed by atoms with van der Waals surface area (Å²) in [6, 6.07) is 0.474.